The third kappa shape index (κ3) is 9.21. The second-order valence-electron chi connectivity index (χ2n) is 6.08. The Balaban J connectivity index is -0.00000210. The summed E-state index contributed by atoms with van der Waals surface area (Å²) in [5.41, 5.74) is 0.208. The van der Waals surface area contributed by atoms with Gasteiger partial charge in [-0.3, -0.25) is 14.9 Å². The molecule has 0 aliphatic heterocycles. The highest BCUT2D eigenvalue weighted by Gasteiger charge is 2.18. The van der Waals surface area contributed by atoms with Crippen LogP contribution in [0.2, 0.25) is 0 Å². The van der Waals surface area contributed by atoms with Crippen LogP contribution in [0, 0.1) is 0 Å². The number of benzene rings is 1. The molecule has 2 rings (SSSR count). The van der Waals surface area contributed by atoms with Crippen molar-refractivity contribution in [2.75, 3.05) is 32.6 Å². The number of carbonyl (C=O) groups is 2. The van der Waals surface area contributed by atoms with E-state index in [0.717, 1.165) is 11.3 Å². The van der Waals surface area contributed by atoms with E-state index in [1.165, 1.54) is 26.4 Å². The lowest BCUT2D eigenvalue weighted by atomic mass is 10.1. The Bertz CT molecular complexity index is 850. The number of anilines is 1. The molecule has 1 heterocycles. The number of methoxy groups -OCH3 is 2. The van der Waals surface area contributed by atoms with E-state index in [9.17, 15) is 14.7 Å². The van der Waals surface area contributed by atoms with Gasteiger partial charge in [-0.05, 0) is 0 Å². The van der Waals surface area contributed by atoms with E-state index >= 15 is 0 Å². The first-order valence-corrected chi connectivity index (χ1v) is 9.47. The SMILES string of the molecule is COc1cc(O)c(C(=O)Nc2nc(C(=O)NCCNC(C)C)cs2)cc1OC.Cl.O.O.O. The third-order valence-corrected chi connectivity index (χ3v) is 4.42. The van der Waals surface area contributed by atoms with Crippen molar-refractivity contribution in [1.29, 1.82) is 0 Å². The maximum Gasteiger partial charge on any atom is 0.270 e. The van der Waals surface area contributed by atoms with E-state index in [0.29, 0.717) is 30.6 Å². The van der Waals surface area contributed by atoms with E-state index in [-0.39, 0.29) is 56.9 Å². The number of carbonyl (C=O) groups excluding carboxylic acids is 2. The van der Waals surface area contributed by atoms with Crippen LogP contribution in [0.3, 0.4) is 0 Å². The van der Waals surface area contributed by atoms with Gasteiger partial charge in [0, 0.05) is 36.6 Å². The molecule has 0 unspecified atom stereocenters. The quantitative estimate of drug-likeness (QED) is 0.340. The topological polar surface area (TPSA) is 216 Å². The minimum Gasteiger partial charge on any atom is -0.507 e. The molecule has 0 atom stereocenters. The van der Waals surface area contributed by atoms with E-state index in [1.807, 2.05) is 13.8 Å². The molecule has 12 nitrogen and oxygen atoms in total. The number of phenolic OH excluding ortho intramolecular Hbond substituents is 1. The number of ether oxygens (including phenoxy) is 2. The van der Waals surface area contributed by atoms with Crippen molar-refractivity contribution in [2.24, 2.45) is 0 Å². The molecule has 0 radical (unpaired) electrons. The Morgan fingerprint density at radius 1 is 1.06 bits per heavy atom. The van der Waals surface area contributed by atoms with Crippen LogP contribution < -0.4 is 25.4 Å². The first-order chi connectivity index (χ1) is 13.3. The zero-order valence-corrected chi connectivity index (χ0v) is 19.7. The predicted molar refractivity (Wildman–Crippen MR) is 125 cm³/mol. The van der Waals surface area contributed by atoms with Gasteiger partial charge in [-0.1, -0.05) is 13.8 Å². The molecule has 0 fully saturated rings. The summed E-state index contributed by atoms with van der Waals surface area (Å²) in [6.07, 6.45) is 0. The fourth-order valence-corrected chi connectivity index (χ4v) is 2.96. The van der Waals surface area contributed by atoms with Crippen LogP contribution >= 0.6 is 23.7 Å². The highest BCUT2D eigenvalue weighted by Crippen LogP contribution is 2.34. The lowest BCUT2D eigenvalue weighted by Crippen LogP contribution is -2.34. The predicted octanol–water partition coefficient (Wildman–Crippen LogP) is -0.206. The molecule has 2 aromatic rings. The average molecular weight is 499 g/mol. The molecule has 0 aliphatic carbocycles. The zero-order chi connectivity index (χ0) is 20.7. The normalized spacial score (nSPS) is 9.28. The molecule has 2 amide bonds. The lowest BCUT2D eigenvalue weighted by Gasteiger charge is -2.11. The maximum atomic E-state index is 12.4. The van der Waals surface area contributed by atoms with Gasteiger partial charge in [0.15, 0.2) is 16.6 Å². The summed E-state index contributed by atoms with van der Waals surface area (Å²) in [7, 11) is 2.86. The third-order valence-electron chi connectivity index (χ3n) is 3.67. The molecular weight excluding hydrogens is 468 g/mol. The first kappa shape index (κ1) is 33.9. The molecule has 0 aliphatic rings. The molecule has 0 spiro atoms. The number of nitrogens with zero attached hydrogens (tertiary/aromatic N) is 1. The number of aromatic nitrogens is 1. The maximum absolute atomic E-state index is 12.4. The van der Waals surface area contributed by atoms with Gasteiger partial charge in [0.1, 0.15) is 11.4 Å². The summed E-state index contributed by atoms with van der Waals surface area (Å²) in [5, 5.41) is 20.4. The number of nitrogens with one attached hydrogen (secondary N) is 3. The second kappa shape index (κ2) is 16.0. The standard InChI is InChI=1S/C18H24N4O5S.ClH.3H2O/c1-10(2)19-5-6-20-17(25)12-9-28-18(21-12)22-16(24)11-7-14(26-3)15(27-4)8-13(11)23;;;;/h7-10,19,23H,5-6H2,1-4H3,(H,20,25)(H,21,22,24);1H;3*1H2. The Morgan fingerprint density at radius 2 is 1.66 bits per heavy atom. The van der Waals surface area contributed by atoms with Crippen molar-refractivity contribution in [2.45, 2.75) is 19.9 Å². The molecular formula is C18H31ClN4O8S. The van der Waals surface area contributed by atoms with Gasteiger partial charge >= 0.3 is 0 Å². The minimum absolute atomic E-state index is 0. The van der Waals surface area contributed by atoms with Crippen molar-refractivity contribution in [1.82, 2.24) is 15.6 Å². The monoisotopic (exact) mass is 498 g/mol. The summed E-state index contributed by atoms with van der Waals surface area (Å²) >= 11 is 1.11. The van der Waals surface area contributed by atoms with E-state index in [1.54, 1.807) is 5.38 Å². The Morgan fingerprint density at radius 3 is 2.22 bits per heavy atom. The molecule has 14 heteroatoms. The van der Waals surface area contributed by atoms with Gasteiger partial charge in [0.2, 0.25) is 0 Å². The van der Waals surface area contributed by atoms with Crippen LogP contribution in [0.15, 0.2) is 17.5 Å². The number of amides is 2. The molecule has 1 aromatic heterocycles. The van der Waals surface area contributed by atoms with Crippen LogP contribution in [0.1, 0.15) is 34.7 Å². The van der Waals surface area contributed by atoms with Crippen molar-refractivity contribution >= 4 is 40.7 Å². The Hall–Kier alpha value is -2.68. The van der Waals surface area contributed by atoms with Crippen molar-refractivity contribution < 1.29 is 40.6 Å². The lowest BCUT2D eigenvalue weighted by molar-refractivity contribution is 0.0947. The summed E-state index contributed by atoms with van der Waals surface area (Å²) in [4.78, 5) is 28.6. The number of hydrogen-bond donors (Lipinski definition) is 4. The molecule has 32 heavy (non-hydrogen) atoms. The zero-order valence-electron chi connectivity index (χ0n) is 18.1. The van der Waals surface area contributed by atoms with Crippen molar-refractivity contribution in [3.63, 3.8) is 0 Å². The highest BCUT2D eigenvalue weighted by atomic mass is 35.5. The van der Waals surface area contributed by atoms with Crippen molar-refractivity contribution in [3.05, 3.63) is 28.8 Å². The largest absolute Gasteiger partial charge is 0.507 e. The first-order valence-electron chi connectivity index (χ1n) is 8.59. The molecule has 10 N–H and O–H groups in total. The number of halogens is 1. The number of aromatic hydroxyl groups is 1. The second-order valence-corrected chi connectivity index (χ2v) is 6.94. The molecule has 184 valence electrons. The summed E-state index contributed by atoms with van der Waals surface area (Å²) in [6.45, 7) is 5.16. The number of hydrogen-bond acceptors (Lipinski definition) is 8. The Labute approximate surface area is 195 Å². The van der Waals surface area contributed by atoms with Crippen LogP contribution in [0.4, 0.5) is 5.13 Å². The van der Waals surface area contributed by atoms with Crippen molar-refractivity contribution in [3.8, 4) is 17.2 Å². The fourth-order valence-electron chi connectivity index (χ4n) is 2.28. The molecule has 0 saturated heterocycles. The van der Waals surface area contributed by atoms with Crippen LogP contribution in [0.25, 0.3) is 0 Å². The molecule has 0 bridgehead atoms. The van der Waals surface area contributed by atoms with Gasteiger partial charge in [0.05, 0.1) is 19.8 Å². The Kier molecular flexibility index (Phi) is 17.0. The van der Waals surface area contributed by atoms with Gasteiger partial charge in [-0.25, -0.2) is 4.98 Å². The van der Waals surface area contributed by atoms with E-state index < -0.39 is 5.91 Å². The minimum atomic E-state index is -0.583. The van der Waals surface area contributed by atoms with Gasteiger partial charge in [-0.15, -0.1) is 23.7 Å². The summed E-state index contributed by atoms with van der Waals surface area (Å²) < 4.78 is 10.2. The number of thiazole rings is 1. The van der Waals surface area contributed by atoms with E-state index in [2.05, 4.69) is 20.9 Å². The molecule has 1 aromatic carbocycles. The van der Waals surface area contributed by atoms with Gasteiger partial charge in [0.25, 0.3) is 11.8 Å². The summed E-state index contributed by atoms with van der Waals surface area (Å²) in [6, 6.07) is 3.00. The van der Waals surface area contributed by atoms with Crippen LogP contribution in [0.5, 0.6) is 17.2 Å². The highest BCUT2D eigenvalue weighted by molar-refractivity contribution is 7.14. The number of rotatable bonds is 9. The van der Waals surface area contributed by atoms with Crippen LogP contribution in [-0.4, -0.2) is 71.7 Å². The summed E-state index contributed by atoms with van der Waals surface area (Å²) in [5.74, 6) is -0.559. The average Bonchev–Trinajstić information content (AvgIpc) is 3.13. The smallest absolute Gasteiger partial charge is 0.270 e. The number of phenols is 1. The fraction of sp³-hybridized carbons (Fsp3) is 0.389. The van der Waals surface area contributed by atoms with E-state index in [4.69, 9.17) is 9.47 Å². The molecule has 0 saturated carbocycles. The van der Waals surface area contributed by atoms with Gasteiger partial charge < -0.3 is 41.6 Å². The van der Waals surface area contributed by atoms with Crippen LogP contribution in [-0.2, 0) is 0 Å². The van der Waals surface area contributed by atoms with Gasteiger partial charge in [-0.2, -0.15) is 0 Å².